The fourth-order valence-corrected chi connectivity index (χ4v) is 4.95. The number of alkyl halides is 2. The van der Waals surface area contributed by atoms with Gasteiger partial charge in [-0.3, -0.25) is 9.20 Å². The van der Waals surface area contributed by atoms with Crippen LogP contribution in [-0.4, -0.2) is 81.5 Å². The minimum Gasteiger partial charge on any atom is -0.435 e. The van der Waals surface area contributed by atoms with E-state index in [1.807, 2.05) is 36.6 Å². The summed E-state index contributed by atoms with van der Waals surface area (Å²) < 4.78 is 31.2. The second-order valence-corrected chi connectivity index (χ2v) is 10.5. The molecule has 1 fully saturated rings. The summed E-state index contributed by atoms with van der Waals surface area (Å²) >= 11 is 0. The minimum absolute atomic E-state index is 0.0772. The van der Waals surface area contributed by atoms with Crippen molar-refractivity contribution in [2.24, 2.45) is 5.73 Å². The van der Waals surface area contributed by atoms with Gasteiger partial charge in [0.1, 0.15) is 5.75 Å². The van der Waals surface area contributed by atoms with E-state index in [0.29, 0.717) is 56.2 Å². The van der Waals surface area contributed by atoms with Crippen molar-refractivity contribution in [1.82, 2.24) is 29.5 Å². The van der Waals surface area contributed by atoms with Gasteiger partial charge in [-0.15, -0.1) is 0 Å². The van der Waals surface area contributed by atoms with Gasteiger partial charge in [-0.1, -0.05) is 12.1 Å². The van der Waals surface area contributed by atoms with Gasteiger partial charge >= 0.3 is 12.6 Å². The molecule has 3 heterocycles. The lowest BCUT2D eigenvalue weighted by atomic mass is 10.1. The van der Waals surface area contributed by atoms with E-state index in [2.05, 4.69) is 25.3 Å². The maximum atomic E-state index is 13.3. The number of anilines is 2. The molecule has 4 aromatic rings. The monoisotopic (exact) mass is 592 g/mol. The summed E-state index contributed by atoms with van der Waals surface area (Å²) in [5.41, 5.74) is 10.3. The zero-order chi connectivity index (χ0) is 30.5. The number of aryl methyl sites for hydroxylation is 1. The Morgan fingerprint density at radius 1 is 1.05 bits per heavy atom. The van der Waals surface area contributed by atoms with Crippen molar-refractivity contribution in [2.45, 2.75) is 32.9 Å². The summed E-state index contributed by atoms with van der Waals surface area (Å²) in [6.45, 7) is 3.06. The van der Waals surface area contributed by atoms with E-state index in [9.17, 15) is 18.4 Å². The van der Waals surface area contributed by atoms with Gasteiger partial charge in [0.15, 0.2) is 11.5 Å². The molecule has 0 radical (unpaired) electrons. The van der Waals surface area contributed by atoms with Crippen LogP contribution in [0.15, 0.2) is 61.1 Å². The molecule has 0 unspecified atom stereocenters. The maximum absolute atomic E-state index is 13.3. The first-order valence-corrected chi connectivity index (χ1v) is 14.0. The third-order valence-corrected chi connectivity index (χ3v) is 7.19. The minimum atomic E-state index is -2.86. The zero-order valence-corrected chi connectivity index (χ0v) is 24.0. The third kappa shape index (κ3) is 7.17. The molecule has 43 heavy (non-hydrogen) atoms. The Balaban J connectivity index is 1.23. The standard InChI is InChI=1S/C30H34F2N8O3/c1-19-15-22(5-8-25(19)28(41)38-11-13-39(14-12-38)30(42)36-17-20(2)33)37-26-27-35-18-23(40(27)10-9-34-26)16-21-3-6-24(7-4-21)43-29(31)32/h3-10,15,18,20,29H,11-14,16-17,33H2,1-2H3,(H,34,37)(H,36,42)/t20-/m1/s1. The highest BCUT2D eigenvalue weighted by molar-refractivity contribution is 5.96. The molecule has 1 aliphatic heterocycles. The van der Waals surface area contributed by atoms with E-state index >= 15 is 0 Å². The molecule has 0 aliphatic carbocycles. The number of amides is 3. The lowest BCUT2D eigenvalue weighted by Gasteiger charge is -2.35. The number of nitrogens with two attached hydrogens (primary N) is 1. The smallest absolute Gasteiger partial charge is 0.387 e. The number of ether oxygens (including phenoxy) is 1. The molecule has 11 nitrogen and oxygen atoms in total. The van der Waals surface area contributed by atoms with Crippen molar-refractivity contribution < 1.29 is 23.1 Å². The average Bonchev–Trinajstić information content (AvgIpc) is 3.40. The Labute approximate surface area is 247 Å². The molecule has 1 saturated heterocycles. The fourth-order valence-electron chi connectivity index (χ4n) is 4.95. The number of piperazine rings is 1. The van der Waals surface area contributed by atoms with Crippen LogP contribution in [0, 0.1) is 6.92 Å². The average molecular weight is 593 g/mol. The molecule has 0 saturated carbocycles. The molecule has 3 amide bonds. The van der Waals surface area contributed by atoms with Crippen LogP contribution in [0.4, 0.5) is 25.1 Å². The number of urea groups is 1. The Bertz CT molecular complexity index is 1580. The lowest BCUT2D eigenvalue weighted by molar-refractivity contribution is -0.0498. The van der Waals surface area contributed by atoms with E-state index in [1.54, 1.807) is 40.4 Å². The highest BCUT2D eigenvalue weighted by Gasteiger charge is 2.25. The van der Waals surface area contributed by atoms with Gasteiger partial charge < -0.3 is 30.9 Å². The van der Waals surface area contributed by atoms with Crippen LogP contribution in [0.2, 0.25) is 0 Å². The molecule has 226 valence electrons. The summed E-state index contributed by atoms with van der Waals surface area (Å²) in [6.07, 6.45) is 5.76. The van der Waals surface area contributed by atoms with Crippen LogP contribution >= 0.6 is 0 Å². The van der Waals surface area contributed by atoms with E-state index in [1.165, 1.54) is 12.1 Å². The number of nitrogens with one attached hydrogen (secondary N) is 2. The molecule has 0 spiro atoms. The molecule has 1 aliphatic rings. The molecular formula is C30H34F2N8O3. The van der Waals surface area contributed by atoms with Gasteiger partial charge in [-0.25, -0.2) is 14.8 Å². The van der Waals surface area contributed by atoms with Crippen LogP contribution in [0.5, 0.6) is 5.75 Å². The molecule has 4 N–H and O–H groups in total. The Hall–Kier alpha value is -4.78. The van der Waals surface area contributed by atoms with Gasteiger partial charge in [-0.05, 0) is 55.3 Å². The summed E-state index contributed by atoms with van der Waals surface area (Å²) in [7, 11) is 0. The number of aromatic nitrogens is 3. The summed E-state index contributed by atoms with van der Waals surface area (Å²) in [5, 5.41) is 6.12. The lowest BCUT2D eigenvalue weighted by Crippen LogP contribution is -2.54. The largest absolute Gasteiger partial charge is 0.435 e. The second kappa shape index (κ2) is 13.0. The topological polar surface area (TPSA) is 130 Å². The summed E-state index contributed by atoms with van der Waals surface area (Å²) in [4.78, 5) is 38.1. The third-order valence-electron chi connectivity index (χ3n) is 7.19. The van der Waals surface area contributed by atoms with Crippen molar-refractivity contribution in [2.75, 3.05) is 38.0 Å². The number of rotatable bonds is 9. The number of halogens is 2. The normalized spacial score (nSPS) is 14.2. The van der Waals surface area contributed by atoms with Crippen molar-refractivity contribution in [3.05, 3.63) is 83.4 Å². The number of nitrogens with zero attached hydrogens (tertiary/aromatic N) is 5. The van der Waals surface area contributed by atoms with E-state index in [-0.39, 0.29) is 23.7 Å². The van der Waals surface area contributed by atoms with Gasteiger partial charge in [0, 0.05) is 80.7 Å². The van der Waals surface area contributed by atoms with Gasteiger partial charge in [0.25, 0.3) is 5.91 Å². The first-order chi connectivity index (χ1) is 20.7. The van der Waals surface area contributed by atoms with Crippen LogP contribution in [0.3, 0.4) is 0 Å². The maximum Gasteiger partial charge on any atom is 0.387 e. The quantitative estimate of drug-likeness (QED) is 0.270. The number of fused-ring (bicyclic) bond motifs is 1. The van der Waals surface area contributed by atoms with Gasteiger partial charge in [-0.2, -0.15) is 8.78 Å². The van der Waals surface area contributed by atoms with Crippen molar-refractivity contribution in [1.29, 1.82) is 0 Å². The molecule has 13 heteroatoms. The summed E-state index contributed by atoms with van der Waals surface area (Å²) in [6, 6.07) is 11.7. The Kier molecular flexibility index (Phi) is 9.00. The van der Waals surface area contributed by atoms with Crippen LogP contribution < -0.4 is 21.1 Å². The first kappa shape index (κ1) is 29.7. The SMILES string of the molecule is Cc1cc(Nc2nccn3c(Cc4ccc(OC(F)F)cc4)cnc23)ccc1C(=O)N1CCN(C(=O)NC[C@@H](C)N)CC1. The second-order valence-electron chi connectivity index (χ2n) is 10.5. The van der Waals surface area contributed by atoms with E-state index in [4.69, 9.17) is 5.73 Å². The zero-order valence-electron chi connectivity index (χ0n) is 24.0. The van der Waals surface area contributed by atoms with Crippen molar-refractivity contribution >= 4 is 29.1 Å². The predicted octanol–water partition coefficient (Wildman–Crippen LogP) is 3.79. The highest BCUT2D eigenvalue weighted by Crippen LogP contribution is 2.24. The van der Waals surface area contributed by atoms with Crippen LogP contribution in [0.1, 0.15) is 34.1 Å². The Morgan fingerprint density at radius 3 is 2.44 bits per heavy atom. The van der Waals surface area contributed by atoms with E-state index in [0.717, 1.165) is 22.5 Å². The summed E-state index contributed by atoms with van der Waals surface area (Å²) in [5.74, 6) is 0.578. The van der Waals surface area contributed by atoms with Crippen molar-refractivity contribution in [3.63, 3.8) is 0 Å². The fraction of sp³-hybridized carbons (Fsp3) is 0.333. The van der Waals surface area contributed by atoms with E-state index < -0.39 is 6.61 Å². The first-order valence-electron chi connectivity index (χ1n) is 14.0. The van der Waals surface area contributed by atoms with Crippen LogP contribution in [-0.2, 0) is 6.42 Å². The molecule has 2 aromatic heterocycles. The predicted molar refractivity (Wildman–Crippen MR) is 158 cm³/mol. The van der Waals surface area contributed by atoms with Gasteiger partial charge in [0.05, 0.1) is 0 Å². The number of carbonyl (C=O) groups excluding carboxylic acids is 2. The molecule has 2 aromatic carbocycles. The van der Waals surface area contributed by atoms with Crippen LogP contribution in [0.25, 0.3) is 5.65 Å². The van der Waals surface area contributed by atoms with Gasteiger partial charge in [0.2, 0.25) is 0 Å². The molecule has 0 bridgehead atoms. The van der Waals surface area contributed by atoms with Crippen molar-refractivity contribution in [3.8, 4) is 5.75 Å². The Morgan fingerprint density at radius 2 is 1.77 bits per heavy atom. The molecular weight excluding hydrogens is 558 g/mol. The number of imidazole rings is 1. The molecule has 5 rings (SSSR count). The number of benzene rings is 2. The number of hydrogen-bond acceptors (Lipinski definition) is 7. The highest BCUT2D eigenvalue weighted by atomic mass is 19.3. The number of carbonyl (C=O) groups is 2. The molecule has 1 atom stereocenters. The number of hydrogen-bond donors (Lipinski definition) is 3.